The molecule has 0 aliphatic carbocycles. The molecule has 0 bridgehead atoms. The number of nitrogens with zero attached hydrogens (tertiary/aromatic N) is 2. The van der Waals surface area contributed by atoms with Gasteiger partial charge in [-0.3, -0.25) is 10.1 Å². The molecule has 2 aromatic rings. The number of alkyl halides is 1. The largest absolute Gasteiger partial charge is 0.463 e. The van der Waals surface area contributed by atoms with E-state index >= 15 is 0 Å². The van der Waals surface area contributed by atoms with Crippen LogP contribution in [-0.4, -0.2) is 21.6 Å². The highest BCUT2D eigenvalue weighted by atomic mass is 127. The van der Waals surface area contributed by atoms with Gasteiger partial charge in [-0.25, -0.2) is 0 Å². The number of para-hydroxylation sites is 1. The van der Waals surface area contributed by atoms with Gasteiger partial charge in [0.05, 0.1) is 10.3 Å². The lowest BCUT2D eigenvalue weighted by Crippen LogP contribution is -2.59. The Balaban J connectivity index is 1.80. The molecule has 0 saturated carbocycles. The molecule has 2 heterocycles. The minimum absolute atomic E-state index is 0.0795. The topological polar surface area (TPSA) is 55.6 Å². The Morgan fingerprint density at radius 1 is 1.18 bits per heavy atom. The van der Waals surface area contributed by atoms with Crippen LogP contribution in [0.2, 0.25) is 0 Å². The van der Waals surface area contributed by atoms with E-state index in [1.54, 1.807) is 12.1 Å². The standard InChI is InChI=1S/C22H23IN2O3/c1-21(2)18-7-3-4-8-19(18)24(14-6-5-13-23)22(21)12-11-16-15-17(25(26)27)9-10-20(16)28-22/h3-4,7-12,15H,5-6,13-14H2,1-2H3/t22-/m1/s1. The second-order valence-electron chi connectivity index (χ2n) is 7.80. The highest BCUT2D eigenvalue weighted by Gasteiger charge is 2.58. The Morgan fingerprint density at radius 3 is 2.71 bits per heavy atom. The molecule has 5 nitrogen and oxygen atoms in total. The van der Waals surface area contributed by atoms with Gasteiger partial charge in [-0.05, 0) is 61.0 Å². The number of non-ortho nitro benzene ring substituents is 1. The minimum atomic E-state index is -0.648. The third kappa shape index (κ3) is 2.80. The summed E-state index contributed by atoms with van der Waals surface area (Å²) in [5, 5.41) is 11.1. The number of hydrogen-bond donors (Lipinski definition) is 0. The third-order valence-electron chi connectivity index (χ3n) is 5.89. The van der Waals surface area contributed by atoms with Crippen LogP contribution in [0.5, 0.6) is 5.75 Å². The first-order chi connectivity index (χ1) is 13.4. The number of halogens is 1. The van der Waals surface area contributed by atoms with Crippen molar-refractivity contribution < 1.29 is 9.66 Å². The zero-order valence-electron chi connectivity index (χ0n) is 16.0. The molecule has 2 aliphatic heterocycles. The van der Waals surface area contributed by atoms with Crippen LogP contribution >= 0.6 is 22.6 Å². The SMILES string of the molecule is CC1(C)c2ccccc2N(CCCCI)[C@@]12C=Cc1cc([N+](=O)[O-])ccc1O2. The lowest BCUT2D eigenvalue weighted by molar-refractivity contribution is -0.384. The van der Waals surface area contributed by atoms with Crippen LogP contribution in [0.25, 0.3) is 6.08 Å². The van der Waals surface area contributed by atoms with Gasteiger partial charge < -0.3 is 9.64 Å². The fourth-order valence-electron chi connectivity index (χ4n) is 4.36. The summed E-state index contributed by atoms with van der Waals surface area (Å²) in [6.45, 7) is 5.33. The summed E-state index contributed by atoms with van der Waals surface area (Å²) < 4.78 is 7.80. The molecule has 28 heavy (non-hydrogen) atoms. The predicted molar refractivity (Wildman–Crippen MR) is 120 cm³/mol. The summed E-state index contributed by atoms with van der Waals surface area (Å²) in [4.78, 5) is 13.1. The predicted octanol–water partition coefficient (Wildman–Crippen LogP) is 5.71. The van der Waals surface area contributed by atoms with Crippen LogP contribution < -0.4 is 9.64 Å². The Hall–Kier alpha value is -2.09. The summed E-state index contributed by atoms with van der Waals surface area (Å²) in [5.74, 6) is 0.688. The van der Waals surface area contributed by atoms with Gasteiger partial charge in [0.25, 0.3) is 5.69 Å². The van der Waals surface area contributed by atoms with Crippen LogP contribution in [0.4, 0.5) is 11.4 Å². The highest BCUT2D eigenvalue weighted by molar-refractivity contribution is 14.1. The van der Waals surface area contributed by atoms with Gasteiger partial charge in [0.2, 0.25) is 5.72 Å². The van der Waals surface area contributed by atoms with Gasteiger partial charge in [0.1, 0.15) is 5.75 Å². The van der Waals surface area contributed by atoms with Crippen molar-refractivity contribution in [3.05, 3.63) is 69.8 Å². The third-order valence-corrected chi connectivity index (χ3v) is 6.65. The van der Waals surface area contributed by atoms with E-state index in [9.17, 15) is 10.1 Å². The fourth-order valence-corrected chi connectivity index (χ4v) is 4.90. The van der Waals surface area contributed by atoms with E-state index in [1.165, 1.54) is 17.3 Å². The minimum Gasteiger partial charge on any atom is -0.463 e. The maximum Gasteiger partial charge on any atom is 0.270 e. The molecule has 0 aromatic heterocycles. The zero-order valence-corrected chi connectivity index (χ0v) is 18.2. The van der Waals surface area contributed by atoms with Gasteiger partial charge in [0.15, 0.2) is 0 Å². The molecule has 146 valence electrons. The van der Waals surface area contributed by atoms with Gasteiger partial charge >= 0.3 is 0 Å². The average Bonchev–Trinajstić information content (AvgIpc) is 2.86. The number of fused-ring (bicyclic) bond motifs is 2. The molecule has 4 rings (SSSR count). The molecule has 0 unspecified atom stereocenters. The molecule has 0 radical (unpaired) electrons. The summed E-state index contributed by atoms with van der Waals surface area (Å²) in [6.07, 6.45) is 6.30. The monoisotopic (exact) mass is 490 g/mol. The van der Waals surface area contributed by atoms with Crippen LogP contribution in [0.1, 0.15) is 37.8 Å². The summed E-state index contributed by atoms with van der Waals surface area (Å²) >= 11 is 2.42. The average molecular weight is 490 g/mol. The van der Waals surface area contributed by atoms with Crippen molar-refractivity contribution in [3.8, 4) is 5.75 Å². The lowest BCUT2D eigenvalue weighted by atomic mass is 9.76. The first-order valence-electron chi connectivity index (χ1n) is 9.50. The maximum absolute atomic E-state index is 11.1. The van der Waals surface area contributed by atoms with Crippen LogP contribution in [0, 0.1) is 10.1 Å². The first-order valence-corrected chi connectivity index (χ1v) is 11.0. The van der Waals surface area contributed by atoms with Crippen molar-refractivity contribution in [2.24, 2.45) is 0 Å². The van der Waals surface area contributed by atoms with E-state index in [0.29, 0.717) is 5.75 Å². The van der Waals surface area contributed by atoms with Crippen molar-refractivity contribution in [2.45, 2.75) is 37.8 Å². The molecule has 0 amide bonds. The van der Waals surface area contributed by atoms with E-state index in [1.807, 2.05) is 6.08 Å². The Bertz CT molecular complexity index is 957. The smallest absolute Gasteiger partial charge is 0.270 e. The number of rotatable bonds is 5. The van der Waals surface area contributed by atoms with Crippen LogP contribution in [-0.2, 0) is 5.41 Å². The fraction of sp³-hybridized carbons (Fsp3) is 0.364. The quantitative estimate of drug-likeness (QED) is 0.177. The van der Waals surface area contributed by atoms with E-state index in [0.717, 1.165) is 29.4 Å². The van der Waals surface area contributed by atoms with Crippen molar-refractivity contribution in [1.29, 1.82) is 0 Å². The van der Waals surface area contributed by atoms with Gasteiger partial charge in [-0.1, -0.05) is 40.8 Å². The number of unbranched alkanes of at least 4 members (excludes halogenated alkanes) is 1. The highest BCUT2D eigenvalue weighted by Crippen LogP contribution is 2.55. The second-order valence-corrected chi connectivity index (χ2v) is 8.88. The normalized spacial score (nSPS) is 21.3. The van der Waals surface area contributed by atoms with Crippen LogP contribution in [0.15, 0.2) is 48.5 Å². The van der Waals surface area contributed by atoms with Crippen molar-refractivity contribution in [3.63, 3.8) is 0 Å². The molecule has 0 saturated heterocycles. The summed E-state index contributed by atoms with van der Waals surface area (Å²) in [5.41, 5.74) is 2.37. The summed E-state index contributed by atoms with van der Waals surface area (Å²) in [7, 11) is 0. The van der Waals surface area contributed by atoms with Crippen molar-refractivity contribution in [1.82, 2.24) is 0 Å². The van der Waals surface area contributed by atoms with E-state index < -0.39 is 5.72 Å². The van der Waals surface area contributed by atoms with Crippen molar-refractivity contribution >= 4 is 40.0 Å². The molecular weight excluding hydrogens is 467 g/mol. The number of nitro benzene ring substituents is 1. The zero-order chi connectivity index (χ0) is 19.9. The van der Waals surface area contributed by atoms with E-state index in [2.05, 4.69) is 71.7 Å². The van der Waals surface area contributed by atoms with Gasteiger partial charge in [0, 0.05) is 29.9 Å². The summed E-state index contributed by atoms with van der Waals surface area (Å²) in [6, 6.07) is 13.3. The van der Waals surface area contributed by atoms with E-state index in [4.69, 9.17) is 4.74 Å². The molecule has 0 fully saturated rings. The molecule has 2 aromatic carbocycles. The first kappa shape index (κ1) is 19.2. The number of benzene rings is 2. The number of nitro groups is 1. The van der Waals surface area contributed by atoms with Crippen molar-refractivity contribution in [2.75, 3.05) is 15.9 Å². The maximum atomic E-state index is 11.1. The molecule has 1 spiro atoms. The number of ether oxygens (including phenoxy) is 1. The number of anilines is 1. The Morgan fingerprint density at radius 2 is 1.96 bits per heavy atom. The molecule has 1 atom stereocenters. The second kappa shape index (κ2) is 7.06. The number of hydrogen-bond acceptors (Lipinski definition) is 4. The van der Waals surface area contributed by atoms with Crippen LogP contribution in [0.3, 0.4) is 0 Å². The Labute approximate surface area is 178 Å². The molecule has 2 aliphatic rings. The molecule has 6 heteroatoms. The lowest BCUT2D eigenvalue weighted by Gasteiger charge is -2.47. The van der Waals surface area contributed by atoms with Gasteiger partial charge in [-0.2, -0.15) is 0 Å². The van der Waals surface area contributed by atoms with Gasteiger partial charge in [-0.15, -0.1) is 0 Å². The molecular formula is C22H23IN2O3. The van der Waals surface area contributed by atoms with E-state index in [-0.39, 0.29) is 16.0 Å². The molecule has 0 N–H and O–H groups in total. The Kier molecular flexibility index (Phi) is 4.85.